The summed E-state index contributed by atoms with van der Waals surface area (Å²) >= 11 is 0. The summed E-state index contributed by atoms with van der Waals surface area (Å²) in [6.07, 6.45) is 1.07. The summed E-state index contributed by atoms with van der Waals surface area (Å²) in [5, 5.41) is 6.20. The Morgan fingerprint density at radius 2 is 1.95 bits per heavy atom. The minimum Gasteiger partial charge on any atom is -0.399 e. The zero-order valence-electron chi connectivity index (χ0n) is 12.3. The van der Waals surface area contributed by atoms with Crippen molar-refractivity contribution in [1.82, 2.24) is 5.32 Å². The molecule has 0 saturated heterocycles. The fraction of sp³-hybridized carbons (Fsp3) is 0.533. The average molecular weight is 263 g/mol. The standard InChI is InChI=1S/C15H25N3O/c1-10(2)7-8-17-14-6-5-12(16)9-13(14)15(19)18-11(3)4/h5-6,9-11,17H,7-8,16H2,1-4H3,(H,18,19). The van der Waals surface area contributed by atoms with Gasteiger partial charge in [-0.15, -0.1) is 0 Å². The molecule has 4 heteroatoms. The molecule has 0 spiro atoms. The highest BCUT2D eigenvalue weighted by atomic mass is 16.1. The van der Waals surface area contributed by atoms with E-state index in [4.69, 9.17) is 5.73 Å². The third-order valence-corrected chi connectivity index (χ3v) is 2.75. The lowest BCUT2D eigenvalue weighted by Gasteiger charge is -2.15. The van der Waals surface area contributed by atoms with Crippen LogP contribution in [0.2, 0.25) is 0 Å². The molecule has 4 nitrogen and oxygen atoms in total. The highest BCUT2D eigenvalue weighted by Crippen LogP contribution is 2.19. The number of amides is 1. The van der Waals surface area contributed by atoms with E-state index in [1.807, 2.05) is 26.0 Å². The normalized spacial score (nSPS) is 10.8. The van der Waals surface area contributed by atoms with Crippen LogP contribution in [0.25, 0.3) is 0 Å². The van der Waals surface area contributed by atoms with Crippen molar-refractivity contribution in [3.63, 3.8) is 0 Å². The quantitative estimate of drug-likeness (QED) is 0.691. The maximum absolute atomic E-state index is 12.1. The summed E-state index contributed by atoms with van der Waals surface area (Å²) in [6.45, 7) is 9.09. The van der Waals surface area contributed by atoms with Gasteiger partial charge < -0.3 is 16.4 Å². The molecule has 0 radical (unpaired) electrons. The number of benzene rings is 1. The Labute approximate surface area is 115 Å². The van der Waals surface area contributed by atoms with Crippen molar-refractivity contribution >= 4 is 17.3 Å². The molecule has 1 rings (SSSR count). The van der Waals surface area contributed by atoms with Gasteiger partial charge in [-0.3, -0.25) is 4.79 Å². The molecular weight excluding hydrogens is 238 g/mol. The Kier molecular flexibility index (Phi) is 5.67. The van der Waals surface area contributed by atoms with Crippen LogP contribution in [-0.2, 0) is 0 Å². The van der Waals surface area contributed by atoms with Crippen molar-refractivity contribution in [1.29, 1.82) is 0 Å². The summed E-state index contributed by atoms with van der Waals surface area (Å²) in [5.74, 6) is 0.545. The molecule has 1 amide bonds. The number of carbonyl (C=O) groups is 1. The SMILES string of the molecule is CC(C)CCNc1ccc(N)cc1C(=O)NC(C)C. The van der Waals surface area contributed by atoms with E-state index in [0.717, 1.165) is 18.7 Å². The molecule has 19 heavy (non-hydrogen) atoms. The monoisotopic (exact) mass is 263 g/mol. The van der Waals surface area contributed by atoms with Crippen molar-refractivity contribution in [2.24, 2.45) is 5.92 Å². The van der Waals surface area contributed by atoms with E-state index in [-0.39, 0.29) is 11.9 Å². The zero-order chi connectivity index (χ0) is 14.4. The Bertz CT molecular complexity index is 427. The average Bonchev–Trinajstić information content (AvgIpc) is 2.29. The van der Waals surface area contributed by atoms with Crippen molar-refractivity contribution < 1.29 is 4.79 Å². The fourth-order valence-electron chi connectivity index (χ4n) is 1.74. The highest BCUT2D eigenvalue weighted by molar-refractivity contribution is 6.00. The summed E-state index contributed by atoms with van der Waals surface area (Å²) in [4.78, 5) is 12.1. The summed E-state index contributed by atoms with van der Waals surface area (Å²) in [6, 6.07) is 5.50. The van der Waals surface area contributed by atoms with Crippen LogP contribution >= 0.6 is 0 Å². The molecule has 0 aromatic heterocycles. The van der Waals surface area contributed by atoms with Crippen LogP contribution in [0.15, 0.2) is 18.2 Å². The van der Waals surface area contributed by atoms with Gasteiger partial charge >= 0.3 is 0 Å². The van der Waals surface area contributed by atoms with Crippen LogP contribution in [0.5, 0.6) is 0 Å². The molecule has 0 atom stereocenters. The van der Waals surface area contributed by atoms with Crippen molar-refractivity contribution in [2.75, 3.05) is 17.6 Å². The van der Waals surface area contributed by atoms with Gasteiger partial charge in [0.15, 0.2) is 0 Å². The first-order valence-electron chi connectivity index (χ1n) is 6.84. The van der Waals surface area contributed by atoms with Crippen LogP contribution < -0.4 is 16.4 Å². The second-order valence-corrected chi connectivity index (χ2v) is 5.54. The number of nitrogens with two attached hydrogens (primary N) is 1. The van der Waals surface area contributed by atoms with E-state index in [1.165, 1.54) is 0 Å². The van der Waals surface area contributed by atoms with E-state index in [0.29, 0.717) is 17.2 Å². The van der Waals surface area contributed by atoms with E-state index < -0.39 is 0 Å². The molecule has 4 N–H and O–H groups in total. The maximum atomic E-state index is 12.1. The number of hydrogen-bond acceptors (Lipinski definition) is 3. The van der Waals surface area contributed by atoms with Crippen molar-refractivity contribution in [2.45, 2.75) is 40.2 Å². The number of nitrogen functional groups attached to an aromatic ring is 1. The molecule has 0 fully saturated rings. The first-order valence-corrected chi connectivity index (χ1v) is 6.84. The van der Waals surface area contributed by atoms with Crippen LogP contribution in [0.4, 0.5) is 11.4 Å². The van der Waals surface area contributed by atoms with Gasteiger partial charge in [-0.2, -0.15) is 0 Å². The molecule has 0 aliphatic heterocycles. The topological polar surface area (TPSA) is 67.1 Å². The van der Waals surface area contributed by atoms with Gasteiger partial charge in [0.2, 0.25) is 0 Å². The molecule has 0 heterocycles. The van der Waals surface area contributed by atoms with Crippen molar-refractivity contribution in [3.05, 3.63) is 23.8 Å². The van der Waals surface area contributed by atoms with E-state index in [1.54, 1.807) is 6.07 Å². The first kappa shape index (κ1) is 15.3. The van der Waals surface area contributed by atoms with Gasteiger partial charge in [0.1, 0.15) is 0 Å². The molecule has 1 aromatic rings. The predicted octanol–water partition coefficient (Wildman–Crippen LogP) is 2.87. The van der Waals surface area contributed by atoms with E-state index in [9.17, 15) is 4.79 Å². The Morgan fingerprint density at radius 1 is 1.26 bits per heavy atom. The summed E-state index contributed by atoms with van der Waals surface area (Å²) in [7, 11) is 0. The van der Waals surface area contributed by atoms with E-state index in [2.05, 4.69) is 24.5 Å². The molecule has 0 aliphatic carbocycles. The van der Waals surface area contributed by atoms with E-state index >= 15 is 0 Å². The number of carbonyl (C=O) groups excluding carboxylic acids is 1. The Balaban J connectivity index is 2.82. The largest absolute Gasteiger partial charge is 0.399 e. The van der Waals surface area contributed by atoms with Gasteiger partial charge in [-0.25, -0.2) is 0 Å². The van der Waals surface area contributed by atoms with Crippen LogP contribution in [0, 0.1) is 5.92 Å². The highest BCUT2D eigenvalue weighted by Gasteiger charge is 2.12. The third kappa shape index (κ3) is 5.20. The van der Waals surface area contributed by atoms with Crippen LogP contribution in [0.3, 0.4) is 0 Å². The number of anilines is 2. The first-order chi connectivity index (χ1) is 8.90. The van der Waals surface area contributed by atoms with Crippen LogP contribution in [0.1, 0.15) is 44.5 Å². The van der Waals surface area contributed by atoms with Gasteiger partial charge in [0, 0.05) is 24.0 Å². The number of hydrogen-bond donors (Lipinski definition) is 3. The smallest absolute Gasteiger partial charge is 0.253 e. The lowest BCUT2D eigenvalue weighted by molar-refractivity contribution is 0.0944. The minimum atomic E-state index is -0.0886. The molecular formula is C15H25N3O. The predicted molar refractivity (Wildman–Crippen MR) is 81.4 cm³/mol. The second-order valence-electron chi connectivity index (χ2n) is 5.54. The van der Waals surface area contributed by atoms with Crippen LogP contribution in [-0.4, -0.2) is 18.5 Å². The fourth-order valence-corrected chi connectivity index (χ4v) is 1.74. The Hall–Kier alpha value is -1.71. The van der Waals surface area contributed by atoms with Crippen molar-refractivity contribution in [3.8, 4) is 0 Å². The Morgan fingerprint density at radius 3 is 2.53 bits per heavy atom. The number of rotatable bonds is 6. The summed E-state index contributed by atoms with van der Waals surface area (Å²) < 4.78 is 0. The lowest BCUT2D eigenvalue weighted by Crippen LogP contribution is -2.30. The maximum Gasteiger partial charge on any atom is 0.253 e. The number of nitrogens with one attached hydrogen (secondary N) is 2. The molecule has 0 unspecified atom stereocenters. The zero-order valence-corrected chi connectivity index (χ0v) is 12.3. The van der Waals surface area contributed by atoms with Gasteiger partial charge in [0.05, 0.1) is 5.56 Å². The third-order valence-electron chi connectivity index (χ3n) is 2.75. The lowest BCUT2D eigenvalue weighted by atomic mass is 10.1. The van der Waals surface area contributed by atoms with Gasteiger partial charge in [-0.1, -0.05) is 13.8 Å². The molecule has 0 aliphatic rings. The molecule has 0 saturated carbocycles. The summed E-state index contributed by atoms with van der Waals surface area (Å²) in [5.41, 5.74) is 7.81. The minimum absolute atomic E-state index is 0.0886. The van der Waals surface area contributed by atoms with Gasteiger partial charge in [0.25, 0.3) is 5.91 Å². The molecule has 1 aromatic carbocycles. The van der Waals surface area contributed by atoms with Gasteiger partial charge in [-0.05, 0) is 44.4 Å². The molecule has 106 valence electrons. The molecule has 0 bridgehead atoms. The second kappa shape index (κ2) is 7.02.